The molecular formula is C18H16F2N4O2. The van der Waals surface area contributed by atoms with E-state index in [1.54, 1.807) is 49.8 Å². The first-order valence-corrected chi connectivity index (χ1v) is 7.76. The monoisotopic (exact) mass is 358 g/mol. The van der Waals surface area contributed by atoms with Crippen LogP contribution < -0.4 is 9.64 Å². The molecule has 0 aliphatic rings. The van der Waals surface area contributed by atoms with E-state index in [1.807, 2.05) is 6.07 Å². The van der Waals surface area contributed by atoms with Crippen LogP contribution in [0, 0.1) is 0 Å². The fourth-order valence-electron chi connectivity index (χ4n) is 2.42. The van der Waals surface area contributed by atoms with Crippen molar-refractivity contribution in [2.45, 2.75) is 13.1 Å². The lowest BCUT2D eigenvalue weighted by Crippen LogP contribution is -2.31. The second-order valence-corrected chi connectivity index (χ2v) is 5.41. The number of hydrogen-bond donors (Lipinski definition) is 0. The molecule has 0 bridgehead atoms. The van der Waals surface area contributed by atoms with E-state index in [2.05, 4.69) is 10.1 Å². The molecule has 0 saturated heterocycles. The van der Waals surface area contributed by atoms with E-state index in [1.165, 1.54) is 11.0 Å². The molecule has 1 aromatic carbocycles. The van der Waals surface area contributed by atoms with Crippen molar-refractivity contribution in [3.05, 3.63) is 72.3 Å². The molecule has 2 aromatic heterocycles. The zero-order chi connectivity index (χ0) is 18.5. The molecule has 2 heterocycles. The molecule has 0 radical (unpaired) electrons. The molecule has 3 aromatic rings. The highest BCUT2D eigenvalue weighted by Crippen LogP contribution is 2.23. The molecule has 0 fully saturated rings. The van der Waals surface area contributed by atoms with Crippen molar-refractivity contribution in [1.82, 2.24) is 14.8 Å². The fourth-order valence-corrected chi connectivity index (χ4v) is 2.42. The van der Waals surface area contributed by atoms with Gasteiger partial charge in [-0.1, -0.05) is 6.07 Å². The Morgan fingerprint density at radius 1 is 1.23 bits per heavy atom. The first-order valence-electron chi connectivity index (χ1n) is 7.76. The zero-order valence-electron chi connectivity index (χ0n) is 13.9. The normalized spacial score (nSPS) is 10.8. The third-order valence-electron chi connectivity index (χ3n) is 3.72. The summed E-state index contributed by atoms with van der Waals surface area (Å²) in [5.41, 5.74) is 1.32. The first kappa shape index (κ1) is 17.5. The van der Waals surface area contributed by atoms with Crippen molar-refractivity contribution >= 4 is 11.6 Å². The van der Waals surface area contributed by atoms with E-state index < -0.39 is 12.5 Å². The van der Waals surface area contributed by atoms with E-state index in [0.29, 0.717) is 16.1 Å². The van der Waals surface area contributed by atoms with Crippen molar-refractivity contribution in [1.29, 1.82) is 0 Å². The Balaban J connectivity index is 1.93. The number of ether oxygens (including phenoxy) is 1. The van der Waals surface area contributed by atoms with E-state index >= 15 is 0 Å². The summed E-state index contributed by atoms with van der Waals surface area (Å²) in [4.78, 5) is 18.4. The van der Waals surface area contributed by atoms with E-state index in [4.69, 9.17) is 4.74 Å². The van der Waals surface area contributed by atoms with Crippen LogP contribution in [0.2, 0.25) is 0 Å². The van der Waals surface area contributed by atoms with Gasteiger partial charge in [0.15, 0.2) is 5.69 Å². The summed E-state index contributed by atoms with van der Waals surface area (Å²) in [5.74, 6) is 0.155. The van der Waals surface area contributed by atoms with Gasteiger partial charge in [-0.15, -0.1) is 0 Å². The van der Waals surface area contributed by atoms with E-state index in [0.717, 1.165) is 11.8 Å². The van der Waals surface area contributed by atoms with Gasteiger partial charge >= 0.3 is 6.55 Å². The van der Waals surface area contributed by atoms with Crippen LogP contribution in [0.4, 0.5) is 14.5 Å². The number of nitrogens with zero attached hydrogens (tertiary/aromatic N) is 4. The lowest BCUT2D eigenvalue weighted by molar-refractivity contribution is 0.0560. The Hall–Kier alpha value is -3.29. The average Bonchev–Trinajstić information content (AvgIpc) is 3.17. The Morgan fingerprint density at radius 3 is 2.58 bits per heavy atom. The topological polar surface area (TPSA) is 60.2 Å². The molecule has 26 heavy (non-hydrogen) atoms. The molecule has 0 aliphatic heterocycles. The average molecular weight is 358 g/mol. The van der Waals surface area contributed by atoms with Gasteiger partial charge in [0.25, 0.3) is 5.91 Å². The first-order chi connectivity index (χ1) is 12.6. The van der Waals surface area contributed by atoms with Gasteiger partial charge in [0, 0.05) is 24.3 Å². The zero-order valence-corrected chi connectivity index (χ0v) is 13.9. The van der Waals surface area contributed by atoms with Crippen LogP contribution >= 0.6 is 0 Å². The summed E-state index contributed by atoms with van der Waals surface area (Å²) >= 11 is 0. The number of pyridine rings is 1. The molecule has 0 spiro atoms. The number of anilines is 1. The standard InChI is InChI=1S/C18H16F2N4O2/c1-26-15-6-4-14(5-7-15)23(12-13-3-2-9-21-11-13)17(25)16-8-10-24(22-16)18(19)20/h2-11,18H,12H2,1H3. The quantitative estimate of drug-likeness (QED) is 0.676. The highest BCUT2D eigenvalue weighted by atomic mass is 19.3. The van der Waals surface area contributed by atoms with Gasteiger partial charge in [-0.2, -0.15) is 13.9 Å². The number of benzene rings is 1. The number of rotatable bonds is 6. The number of halogens is 2. The number of aromatic nitrogens is 3. The van der Waals surface area contributed by atoms with Crippen LogP contribution in [-0.4, -0.2) is 27.8 Å². The van der Waals surface area contributed by atoms with Crippen molar-refractivity contribution < 1.29 is 18.3 Å². The van der Waals surface area contributed by atoms with Crippen molar-refractivity contribution in [3.8, 4) is 5.75 Å². The molecule has 3 rings (SSSR count). The highest BCUT2D eigenvalue weighted by Gasteiger charge is 2.22. The van der Waals surface area contributed by atoms with E-state index in [9.17, 15) is 13.6 Å². The molecule has 6 nitrogen and oxygen atoms in total. The van der Waals surface area contributed by atoms with Gasteiger partial charge in [-0.05, 0) is 42.0 Å². The van der Waals surface area contributed by atoms with Gasteiger partial charge in [-0.3, -0.25) is 9.78 Å². The number of carbonyl (C=O) groups excluding carboxylic acids is 1. The van der Waals surface area contributed by atoms with E-state index in [-0.39, 0.29) is 12.2 Å². The Morgan fingerprint density at radius 2 is 2.00 bits per heavy atom. The molecule has 1 amide bonds. The minimum Gasteiger partial charge on any atom is -0.497 e. The van der Waals surface area contributed by atoms with Crippen LogP contribution in [0.15, 0.2) is 61.1 Å². The van der Waals surface area contributed by atoms with Crippen LogP contribution in [0.25, 0.3) is 0 Å². The molecule has 8 heteroatoms. The minimum atomic E-state index is -2.80. The maximum Gasteiger partial charge on any atom is 0.333 e. The van der Waals surface area contributed by atoms with Crippen LogP contribution in [0.5, 0.6) is 5.75 Å². The Labute approximate surface area is 148 Å². The van der Waals surface area contributed by atoms with Gasteiger partial charge in [0.2, 0.25) is 0 Å². The number of carbonyl (C=O) groups is 1. The van der Waals surface area contributed by atoms with Gasteiger partial charge in [0.05, 0.1) is 13.7 Å². The van der Waals surface area contributed by atoms with Crippen molar-refractivity contribution in [2.24, 2.45) is 0 Å². The summed E-state index contributed by atoms with van der Waals surface area (Å²) in [6.45, 7) is -2.58. The maximum atomic E-state index is 12.9. The molecule has 134 valence electrons. The number of amides is 1. The maximum absolute atomic E-state index is 12.9. The smallest absolute Gasteiger partial charge is 0.333 e. The summed E-state index contributed by atoms with van der Waals surface area (Å²) in [5, 5.41) is 3.67. The molecule has 0 N–H and O–H groups in total. The van der Waals surface area contributed by atoms with Gasteiger partial charge in [0.1, 0.15) is 5.75 Å². The highest BCUT2D eigenvalue weighted by molar-refractivity contribution is 6.04. The van der Waals surface area contributed by atoms with Gasteiger partial charge in [-0.25, -0.2) is 4.68 Å². The van der Waals surface area contributed by atoms with Crippen LogP contribution in [0.1, 0.15) is 22.6 Å². The molecule has 0 unspecified atom stereocenters. The Bertz CT molecular complexity index is 866. The molecule has 0 aliphatic carbocycles. The second-order valence-electron chi connectivity index (χ2n) is 5.41. The SMILES string of the molecule is COc1ccc(N(Cc2cccnc2)C(=O)c2ccn(C(F)F)n2)cc1. The second kappa shape index (κ2) is 7.73. The summed E-state index contributed by atoms with van der Waals surface area (Å²) in [7, 11) is 1.55. The minimum absolute atomic E-state index is 0.0648. The largest absolute Gasteiger partial charge is 0.497 e. The molecule has 0 atom stereocenters. The molecular weight excluding hydrogens is 342 g/mol. The third-order valence-corrected chi connectivity index (χ3v) is 3.72. The predicted octanol–water partition coefficient (Wildman–Crippen LogP) is 3.53. The fraction of sp³-hybridized carbons (Fsp3) is 0.167. The number of alkyl halides is 2. The third kappa shape index (κ3) is 3.85. The number of methoxy groups -OCH3 is 1. The summed E-state index contributed by atoms with van der Waals surface area (Å²) in [6.07, 6.45) is 4.35. The van der Waals surface area contributed by atoms with Crippen LogP contribution in [-0.2, 0) is 6.54 Å². The summed E-state index contributed by atoms with van der Waals surface area (Å²) in [6, 6.07) is 11.7. The number of hydrogen-bond acceptors (Lipinski definition) is 4. The molecule has 0 saturated carbocycles. The predicted molar refractivity (Wildman–Crippen MR) is 91.2 cm³/mol. The lowest BCUT2D eigenvalue weighted by atomic mass is 10.2. The lowest BCUT2D eigenvalue weighted by Gasteiger charge is -2.22. The van der Waals surface area contributed by atoms with Crippen LogP contribution in [0.3, 0.4) is 0 Å². The van der Waals surface area contributed by atoms with Gasteiger partial charge < -0.3 is 9.64 Å². The van der Waals surface area contributed by atoms with Crippen molar-refractivity contribution in [3.63, 3.8) is 0 Å². The summed E-state index contributed by atoms with van der Waals surface area (Å²) < 4.78 is 31.1. The Kier molecular flexibility index (Phi) is 5.21. The van der Waals surface area contributed by atoms with Crippen molar-refractivity contribution in [2.75, 3.05) is 12.0 Å².